The molecule has 1 aromatic carbocycles. The lowest BCUT2D eigenvalue weighted by Crippen LogP contribution is -2.41. The molecule has 6 nitrogen and oxygen atoms in total. The van der Waals surface area contributed by atoms with Crippen molar-refractivity contribution in [2.75, 3.05) is 7.11 Å². The van der Waals surface area contributed by atoms with E-state index in [0.717, 1.165) is 31.7 Å². The number of sulfonamides is 1. The molecule has 1 aliphatic carbocycles. The molecule has 0 unspecified atom stereocenters. The van der Waals surface area contributed by atoms with Crippen molar-refractivity contribution >= 4 is 16.0 Å². The summed E-state index contributed by atoms with van der Waals surface area (Å²) in [5.74, 6) is -1.06. The van der Waals surface area contributed by atoms with Gasteiger partial charge >= 0.3 is 0 Å². The molecule has 0 spiro atoms. The molecule has 0 aromatic heterocycles. The van der Waals surface area contributed by atoms with Crippen molar-refractivity contribution in [1.82, 2.24) is 4.72 Å². The minimum Gasteiger partial charge on any atom is -0.545 e. The fourth-order valence-corrected chi connectivity index (χ4v) is 4.34. The molecule has 1 fully saturated rings. The lowest BCUT2D eigenvalue weighted by atomic mass is 9.87. The SMILES string of the molecule is COc1ccc(C(=O)[O-])cc1S(=O)(=O)N[C@@H]1CCCC[C@@H]1C. The van der Waals surface area contributed by atoms with Crippen LogP contribution in [0.1, 0.15) is 43.0 Å². The van der Waals surface area contributed by atoms with Gasteiger partial charge in [0.1, 0.15) is 10.6 Å². The van der Waals surface area contributed by atoms with E-state index in [-0.39, 0.29) is 28.2 Å². The van der Waals surface area contributed by atoms with E-state index in [1.54, 1.807) is 0 Å². The largest absolute Gasteiger partial charge is 0.545 e. The third kappa shape index (κ3) is 3.59. The van der Waals surface area contributed by atoms with Gasteiger partial charge in [0, 0.05) is 6.04 Å². The highest BCUT2D eigenvalue weighted by Crippen LogP contribution is 2.28. The lowest BCUT2D eigenvalue weighted by Gasteiger charge is -2.29. The van der Waals surface area contributed by atoms with Gasteiger partial charge in [-0.05, 0) is 42.5 Å². The standard InChI is InChI=1S/C15H21NO5S/c1-10-5-3-4-6-12(10)16-22(19,20)14-9-11(15(17)18)7-8-13(14)21-2/h7-10,12,16H,3-6H2,1-2H3,(H,17,18)/p-1/t10-,12+/m0/s1. The number of benzene rings is 1. The Labute approximate surface area is 130 Å². The third-order valence-electron chi connectivity index (χ3n) is 4.11. The van der Waals surface area contributed by atoms with Gasteiger partial charge in [-0.1, -0.05) is 19.8 Å². The molecule has 2 atom stereocenters. The van der Waals surface area contributed by atoms with Crippen molar-refractivity contribution in [3.8, 4) is 5.75 Å². The van der Waals surface area contributed by atoms with E-state index < -0.39 is 16.0 Å². The average Bonchev–Trinajstić information content (AvgIpc) is 2.48. The Kier molecular flexibility index (Phi) is 5.08. The Balaban J connectivity index is 2.35. The summed E-state index contributed by atoms with van der Waals surface area (Å²) >= 11 is 0. The fraction of sp³-hybridized carbons (Fsp3) is 0.533. The van der Waals surface area contributed by atoms with Gasteiger partial charge in [-0.3, -0.25) is 0 Å². The van der Waals surface area contributed by atoms with Gasteiger partial charge in [-0.25, -0.2) is 13.1 Å². The number of hydrogen-bond donors (Lipinski definition) is 1. The molecule has 1 aliphatic rings. The second-order valence-corrected chi connectivity index (χ2v) is 7.33. The molecule has 0 heterocycles. The molecule has 1 aromatic rings. The summed E-state index contributed by atoms with van der Waals surface area (Å²) in [7, 11) is -2.51. The Morgan fingerprint density at radius 3 is 2.59 bits per heavy atom. The quantitative estimate of drug-likeness (QED) is 0.868. The number of rotatable bonds is 5. The van der Waals surface area contributed by atoms with Crippen LogP contribution in [0.2, 0.25) is 0 Å². The van der Waals surface area contributed by atoms with Gasteiger partial charge in [0.05, 0.1) is 13.1 Å². The molecule has 1 N–H and O–H groups in total. The molecule has 1 saturated carbocycles. The molecular formula is C15H20NO5S-. The molecule has 0 amide bonds. The first-order valence-corrected chi connectivity index (χ1v) is 8.75. The number of hydrogen-bond acceptors (Lipinski definition) is 5. The Morgan fingerprint density at radius 1 is 1.32 bits per heavy atom. The summed E-state index contributed by atoms with van der Waals surface area (Å²) in [6.07, 6.45) is 3.84. The van der Waals surface area contributed by atoms with Crippen molar-refractivity contribution in [3.05, 3.63) is 23.8 Å². The van der Waals surface area contributed by atoms with Gasteiger partial charge < -0.3 is 14.6 Å². The van der Waals surface area contributed by atoms with E-state index in [1.165, 1.54) is 19.2 Å². The van der Waals surface area contributed by atoms with Crippen LogP contribution < -0.4 is 14.6 Å². The molecule has 22 heavy (non-hydrogen) atoms. The highest BCUT2D eigenvalue weighted by molar-refractivity contribution is 7.89. The molecule has 0 bridgehead atoms. The first-order chi connectivity index (χ1) is 10.3. The van der Waals surface area contributed by atoms with Gasteiger partial charge in [-0.15, -0.1) is 0 Å². The zero-order valence-corrected chi connectivity index (χ0v) is 13.5. The molecule has 0 radical (unpaired) electrons. The summed E-state index contributed by atoms with van der Waals surface area (Å²) in [5, 5.41) is 11.0. The summed E-state index contributed by atoms with van der Waals surface area (Å²) < 4.78 is 32.9. The number of carbonyl (C=O) groups excluding carboxylic acids is 1. The number of aromatic carboxylic acids is 1. The van der Waals surface area contributed by atoms with Gasteiger partial charge in [-0.2, -0.15) is 0 Å². The maximum atomic E-state index is 12.6. The van der Waals surface area contributed by atoms with Crippen LogP contribution in [-0.2, 0) is 10.0 Å². The zero-order valence-electron chi connectivity index (χ0n) is 12.7. The molecule has 2 rings (SSSR count). The second kappa shape index (κ2) is 6.66. The predicted molar refractivity (Wildman–Crippen MR) is 79.1 cm³/mol. The number of nitrogens with one attached hydrogen (secondary N) is 1. The van der Waals surface area contributed by atoms with Crippen molar-refractivity contribution in [3.63, 3.8) is 0 Å². The number of carboxylic acids is 1. The van der Waals surface area contributed by atoms with Crippen LogP contribution >= 0.6 is 0 Å². The maximum Gasteiger partial charge on any atom is 0.244 e. The van der Waals surface area contributed by atoms with E-state index in [0.29, 0.717) is 0 Å². The van der Waals surface area contributed by atoms with Crippen molar-refractivity contribution in [2.24, 2.45) is 5.92 Å². The predicted octanol–water partition coefficient (Wildman–Crippen LogP) is 0.916. The Morgan fingerprint density at radius 2 is 2.00 bits per heavy atom. The summed E-state index contributed by atoms with van der Waals surface area (Å²) in [4.78, 5) is 10.8. The van der Waals surface area contributed by atoms with Crippen molar-refractivity contribution < 1.29 is 23.1 Å². The number of carboxylic acid groups (broad SMARTS) is 1. The normalized spacial score (nSPS) is 22.3. The smallest absolute Gasteiger partial charge is 0.244 e. The number of carbonyl (C=O) groups is 1. The topological polar surface area (TPSA) is 95.5 Å². The van der Waals surface area contributed by atoms with E-state index >= 15 is 0 Å². The molecule has 7 heteroatoms. The number of ether oxygens (including phenoxy) is 1. The van der Waals surface area contributed by atoms with Gasteiger partial charge in [0.15, 0.2) is 0 Å². The van der Waals surface area contributed by atoms with E-state index in [1.807, 2.05) is 6.92 Å². The monoisotopic (exact) mass is 326 g/mol. The summed E-state index contributed by atoms with van der Waals surface area (Å²) in [6.45, 7) is 2.02. The minimum atomic E-state index is -3.86. The average molecular weight is 326 g/mol. The van der Waals surface area contributed by atoms with Crippen LogP contribution in [0.25, 0.3) is 0 Å². The Hall–Kier alpha value is -1.60. The van der Waals surface area contributed by atoms with Crippen LogP contribution in [0.5, 0.6) is 5.75 Å². The molecule has 122 valence electrons. The second-order valence-electron chi connectivity index (χ2n) is 5.64. The maximum absolute atomic E-state index is 12.6. The van der Waals surface area contributed by atoms with E-state index in [4.69, 9.17) is 4.74 Å². The highest BCUT2D eigenvalue weighted by atomic mass is 32.2. The third-order valence-corrected chi connectivity index (χ3v) is 5.62. The molecule has 0 saturated heterocycles. The molecular weight excluding hydrogens is 306 g/mol. The first kappa shape index (κ1) is 16.8. The summed E-state index contributed by atoms with van der Waals surface area (Å²) in [6, 6.07) is 3.51. The van der Waals surface area contributed by atoms with Gasteiger partial charge in [0.25, 0.3) is 0 Å². The molecule has 0 aliphatic heterocycles. The van der Waals surface area contributed by atoms with Crippen LogP contribution in [0.4, 0.5) is 0 Å². The van der Waals surface area contributed by atoms with E-state index in [9.17, 15) is 18.3 Å². The highest BCUT2D eigenvalue weighted by Gasteiger charge is 2.28. The minimum absolute atomic E-state index is 0.112. The van der Waals surface area contributed by atoms with Crippen molar-refractivity contribution in [2.45, 2.75) is 43.5 Å². The zero-order chi connectivity index (χ0) is 16.3. The van der Waals surface area contributed by atoms with Gasteiger partial charge in [0.2, 0.25) is 10.0 Å². The van der Waals surface area contributed by atoms with Crippen LogP contribution in [-0.4, -0.2) is 27.5 Å². The van der Waals surface area contributed by atoms with E-state index in [2.05, 4.69) is 4.72 Å². The van der Waals surface area contributed by atoms with Crippen LogP contribution in [0.3, 0.4) is 0 Å². The first-order valence-electron chi connectivity index (χ1n) is 7.27. The van der Waals surface area contributed by atoms with Crippen LogP contribution in [0.15, 0.2) is 23.1 Å². The van der Waals surface area contributed by atoms with Crippen LogP contribution in [0, 0.1) is 5.92 Å². The Bertz CT molecular complexity index is 656. The fourth-order valence-electron chi connectivity index (χ4n) is 2.77. The van der Waals surface area contributed by atoms with Crippen molar-refractivity contribution in [1.29, 1.82) is 0 Å². The summed E-state index contributed by atoms with van der Waals surface area (Å²) in [5.41, 5.74) is -0.196. The number of methoxy groups -OCH3 is 1. The lowest BCUT2D eigenvalue weighted by molar-refractivity contribution is -0.255.